The number of nitrogens with one attached hydrogen (secondary N) is 1. The summed E-state index contributed by atoms with van der Waals surface area (Å²) in [4.78, 5) is 32.6. The highest BCUT2D eigenvalue weighted by molar-refractivity contribution is 5.92. The Morgan fingerprint density at radius 2 is 2.27 bits per heavy atom. The number of nitrogens with two attached hydrogens (primary N) is 1. The number of pyridine rings is 1. The topological polar surface area (TPSA) is 118 Å². The molecule has 3 rings (SSSR count). The van der Waals surface area contributed by atoms with Crippen LogP contribution in [-0.4, -0.2) is 39.0 Å². The van der Waals surface area contributed by atoms with Crippen molar-refractivity contribution in [2.24, 2.45) is 11.7 Å². The Kier molecular flexibility index (Phi) is 5.51. The van der Waals surface area contributed by atoms with Crippen molar-refractivity contribution in [2.45, 2.75) is 45.6 Å². The van der Waals surface area contributed by atoms with E-state index in [0.717, 1.165) is 43.9 Å². The van der Waals surface area contributed by atoms with E-state index in [0.29, 0.717) is 18.4 Å². The molecule has 1 atom stereocenters. The fourth-order valence-corrected chi connectivity index (χ4v) is 3.32. The number of H-pyrrole nitrogens is 1. The fraction of sp³-hybridized carbons (Fsp3) is 0.556. The van der Waals surface area contributed by atoms with E-state index in [1.54, 1.807) is 6.07 Å². The maximum absolute atomic E-state index is 11.9. The number of piperidine rings is 1. The molecule has 0 spiro atoms. The largest absolute Gasteiger partial charge is 0.365 e. The predicted octanol–water partition coefficient (Wildman–Crippen LogP) is 1.43. The van der Waals surface area contributed by atoms with E-state index in [4.69, 9.17) is 10.3 Å². The zero-order valence-corrected chi connectivity index (χ0v) is 15.2. The van der Waals surface area contributed by atoms with Crippen LogP contribution in [0.25, 0.3) is 0 Å². The van der Waals surface area contributed by atoms with Crippen molar-refractivity contribution in [1.82, 2.24) is 20.0 Å². The van der Waals surface area contributed by atoms with Crippen LogP contribution in [0.1, 0.15) is 60.4 Å². The lowest BCUT2D eigenvalue weighted by atomic mass is 9.97. The summed E-state index contributed by atoms with van der Waals surface area (Å²) in [6.07, 6.45) is 2.85. The summed E-state index contributed by atoms with van der Waals surface area (Å²) in [5.74, 6) is 1.43. The molecule has 8 heteroatoms. The van der Waals surface area contributed by atoms with Crippen LogP contribution in [0.2, 0.25) is 0 Å². The normalized spacial score (nSPS) is 18.3. The van der Waals surface area contributed by atoms with Gasteiger partial charge < -0.3 is 15.2 Å². The molecule has 1 saturated heterocycles. The number of hydrogen-bond acceptors (Lipinski definition) is 6. The number of primary amides is 1. The van der Waals surface area contributed by atoms with Gasteiger partial charge in [-0.3, -0.25) is 14.5 Å². The summed E-state index contributed by atoms with van der Waals surface area (Å²) in [6, 6.07) is 3.21. The molecule has 1 unspecified atom stereocenters. The molecule has 0 radical (unpaired) electrons. The molecule has 140 valence electrons. The van der Waals surface area contributed by atoms with Crippen molar-refractivity contribution in [3.63, 3.8) is 0 Å². The molecule has 1 amide bonds. The van der Waals surface area contributed by atoms with Crippen LogP contribution in [0, 0.1) is 5.92 Å². The Balaban J connectivity index is 1.65. The van der Waals surface area contributed by atoms with E-state index < -0.39 is 11.5 Å². The van der Waals surface area contributed by atoms with Gasteiger partial charge in [-0.1, -0.05) is 19.0 Å². The second-order valence-corrected chi connectivity index (χ2v) is 7.31. The third-order valence-corrected chi connectivity index (χ3v) is 4.56. The second-order valence-electron chi connectivity index (χ2n) is 7.31. The van der Waals surface area contributed by atoms with Crippen molar-refractivity contribution >= 4 is 5.91 Å². The Bertz CT molecular complexity index is 826. The van der Waals surface area contributed by atoms with Gasteiger partial charge in [-0.2, -0.15) is 4.98 Å². The average molecular weight is 359 g/mol. The Morgan fingerprint density at radius 1 is 1.46 bits per heavy atom. The molecule has 8 nitrogen and oxygen atoms in total. The number of carbonyl (C=O) groups excluding carboxylic acids is 1. The van der Waals surface area contributed by atoms with Gasteiger partial charge >= 0.3 is 0 Å². The van der Waals surface area contributed by atoms with Gasteiger partial charge in [0.05, 0.1) is 5.92 Å². The summed E-state index contributed by atoms with van der Waals surface area (Å²) < 4.78 is 5.47. The molecule has 1 fully saturated rings. The minimum absolute atomic E-state index is 0.0196. The first-order chi connectivity index (χ1) is 12.4. The van der Waals surface area contributed by atoms with E-state index in [1.165, 1.54) is 6.07 Å². The van der Waals surface area contributed by atoms with E-state index in [-0.39, 0.29) is 11.5 Å². The fourth-order valence-electron chi connectivity index (χ4n) is 3.32. The van der Waals surface area contributed by atoms with Crippen LogP contribution in [0.15, 0.2) is 21.5 Å². The van der Waals surface area contributed by atoms with Gasteiger partial charge in [-0.25, -0.2) is 0 Å². The van der Waals surface area contributed by atoms with E-state index in [9.17, 15) is 9.59 Å². The first-order valence-electron chi connectivity index (χ1n) is 8.99. The number of hydrogen-bond donors (Lipinski definition) is 2. The number of aromatic nitrogens is 3. The van der Waals surface area contributed by atoms with Gasteiger partial charge in [0.15, 0.2) is 5.82 Å². The molecule has 0 saturated carbocycles. The molecule has 3 heterocycles. The Morgan fingerprint density at radius 3 is 2.96 bits per heavy atom. The number of amides is 1. The van der Waals surface area contributed by atoms with Gasteiger partial charge in [0, 0.05) is 25.2 Å². The Labute approximate surface area is 151 Å². The SMILES string of the molecule is CC(C)Cc1noc(C2CCCN(Cc3ccc(C(N)=O)c(=O)[nH]3)C2)n1. The zero-order valence-electron chi connectivity index (χ0n) is 15.2. The van der Waals surface area contributed by atoms with E-state index in [1.807, 2.05) is 0 Å². The van der Waals surface area contributed by atoms with Crippen LogP contribution >= 0.6 is 0 Å². The smallest absolute Gasteiger partial charge is 0.261 e. The van der Waals surface area contributed by atoms with Crippen molar-refractivity contribution in [3.05, 3.63) is 45.5 Å². The van der Waals surface area contributed by atoms with Crippen molar-refractivity contribution < 1.29 is 9.32 Å². The molecule has 0 aromatic carbocycles. The molecule has 1 aliphatic heterocycles. The molecule has 3 N–H and O–H groups in total. The zero-order chi connectivity index (χ0) is 18.7. The van der Waals surface area contributed by atoms with Crippen LogP contribution < -0.4 is 11.3 Å². The molecule has 26 heavy (non-hydrogen) atoms. The van der Waals surface area contributed by atoms with Crippen molar-refractivity contribution in [3.8, 4) is 0 Å². The van der Waals surface area contributed by atoms with Crippen LogP contribution in [-0.2, 0) is 13.0 Å². The molecule has 0 bridgehead atoms. The molecule has 1 aliphatic rings. The predicted molar refractivity (Wildman–Crippen MR) is 95.7 cm³/mol. The second kappa shape index (κ2) is 7.82. The third kappa shape index (κ3) is 4.37. The van der Waals surface area contributed by atoms with Gasteiger partial charge in [-0.05, 0) is 37.4 Å². The lowest BCUT2D eigenvalue weighted by Gasteiger charge is -2.30. The van der Waals surface area contributed by atoms with Crippen LogP contribution in [0.3, 0.4) is 0 Å². The first kappa shape index (κ1) is 18.3. The molecular formula is C18H25N5O3. The van der Waals surface area contributed by atoms with Gasteiger partial charge in [0.2, 0.25) is 5.89 Å². The van der Waals surface area contributed by atoms with Gasteiger partial charge in [0.25, 0.3) is 11.5 Å². The number of likely N-dealkylation sites (tertiary alicyclic amines) is 1. The minimum atomic E-state index is -0.718. The van der Waals surface area contributed by atoms with Crippen LogP contribution in [0.5, 0.6) is 0 Å². The maximum atomic E-state index is 11.9. The van der Waals surface area contributed by atoms with Crippen molar-refractivity contribution in [2.75, 3.05) is 13.1 Å². The summed E-state index contributed by atoms with van der Waals surface area (Å²) in [6.45, 7) is 6.58. The molecule has 2 aromatic heterocycles. The quantitative estimate of drug-likeness (QED) is 0.805. The summed E-state index contributed by atoms with van der Waals surface area (Å²) in [5.41, 5.74) is 5.46. The standard InChI is InChI=1S/C18H25N5O3/c1-11(2)8-15-21-18(26-22-15)12-4-3-7-23(9-12)10-13-5-6-14(16(19)24)17(25)20-13/h5-6,11-12H,3-4,7-10H2,1-2H3,(H2,19,24)(H,20,25). The van der Waals surface area contributed by atoms with E-state index >= 15 is 0 Å². The number of carbonyl (C=O) groups is 1. The number of nitrogens with zero attached hydrogens (tertiary/aromatic N) is 3. The summed E-state index contributed by atoms with van der Waals surface area (Å²) >= 11 is 0. The maximum Gasteiger partial charge on any atom is 0.261 e. The highest BCUT2D eigenvalue weighted by Crippen LogP contribution is 2.26. The van der Waals surface area contributed by atoms with Gasteiger partial charge in [-0.15, -0.1) is 0 Å². The van der Waals surface area contributed by atoms with Gasteiger partial charge in [0.1, 0.15) is 5.56 Å². The van der Waals surface area contributed by atoms with Crippen molar-refractivity contribution in [1.29, 1.82) is 0 Å². The monoisotopic (exact) mass is 359 g/mol. The van der Waals surface area contributed by atoms with Crippen LogP contribution in [0.4, 0.5) is 0 Å². The summed E-state index contributed by atoms with van der Waals surface area (Å²) in [5, 5.41) is 4.08. The lowest BCUT2D eigenvalue weighted by molar-refractivity contribution is 0.0998. The average Bonchev–Trinajstić information content (AvgIpc) is 3.02. The molecule has 2 aromatic rings. The lowest BCUT2D eigenvalue weighted by Crippen LogP contribution is -2.35. The first-order valence-corrected chi connectivity index (χ1v) is 8.99. The summed E-state index contributed by atoms with van der Waals surface area (Å²) in [7, 11) is 0. The molecular weight excluding hydrogens is 334 g/mol. The number of aromatic amines is 1. The number of rotatable bonds is 6. The highest BCUT2D eigenvalue weighted by atomic mass is 16.5. The Hall–Kier alpha value is -2.48. The minimum Gasteiger partial charge on any atom is -0.365 e. The highest BCUT2D eigenvalue weighted by Gasteiger charge is 2.26. The van der Waals surface area contributed by atoms with E-state index in [2.05, 4.69) is 33.9 Å². The third-order valence-electron chi connectivity index (χ3n) is 4.56. The molecule has 0 aliphatic carbocycles.